The lowest BCUT2D eigenvalue weighted by atomic mass is 9.83. The molecule has 0 radical (unpaired) electrons. The number of hydrogen-bond donors (Lipinski definition) is 2. The fourth-order valence-electron chi connectivity index (χ4n) is 10.4. The Kier molecular flexibility index (Phi) is 10.6. The molecule has 5 aliphatic heterocycles. The predicted molar refractivity (Wildman–Crippen MR) is 228 cm³/mol. The molecule has 5 saturated heterocycles. The van der Waals surface area contributed by atoms with Crippen molar-refractivity contribution in [3.05, 3.63) is 59.5 Å². The van der Waals surface area contributed by atoms with Crippen LogP contribution in [0.1, 0.15) is 63.2 Å². The standard InChI is InChI=1S/C46H51F2N9O4/c1-3-35-38(47)9-6-30-18-33(58)19-36(41(30)35)43-42(48)44-37(22-49-43)45(56-25-31-7-8-32(26-56)50-31)52-46(51-44)60-16-15-54-13-10-28(11-14-54)17-29-23-55(24-29)39-20-34(61-53-39)21-40(59)57-12-4-5-27(57)2/h1,6,9,18-20,22,27-29,31-32,50,58H,4-5,7-8,10-17,21,23-26H2,2H3. The zero-order chi connectivity index (χ0) is 41.8. The van der Waals surface area contributed by atoms with E-state index in [0.29, 0.717) is 78.6 Å². The van der Waals surface area contributed by atoms with Gasteiger partial charge in [0.1, 0.15) is 41.0 Å². The highest BCUT2D eigenvalue weighted by atomic mass is 19.1. The number of anilines is 2. The Morgan fingerprint density at radius 2 is 1.80 bits per heavy atom. The molecule has 10 rings (SSSR count). The van der Waals surface area contributed by atoms with Gasteiger partial charge in [0.05, 0.1) is 17.4 Å². The van der Waals surface area contributed by atoms with Crippen molar-refractivity contribution in [3.63, 3.8) is 0 Å². The molecule has 13 nitrogen and oxygen atoms in total. The summed E-state index contributed by atoms with van der Waals surface area (Å²) in [6, 6.07) is 8.47. The third-order valence-electron chi connectivity index (χ3n) is 13.6. The Hall–Kier alpha value is -5.59. The molecule has 0 aliphatic carbocycles. The van der Waals surface area contributed by atoms with Crippen LogP contribution in [0.5, 0.6) is 11.8 Å². The number of piperazine rings is 1. The SMILES string of the molecule is C#Cc1c(F)ccc2cc(O)cc(-c3ncc4c(N5CC6CCC(C5)N6)nc(OCCN5CCC(CC6CN(c7cc(CC(=O)N8CCCC8C)on7)C6)CC5)nc4c3F)c12. The number of terminal acetylenes is 1. The lowest BCUT2D eigenvalue weighted by molar-refractivity contribution is -0.131. The summed E-state index contributed by atoms with van der Waals surface area (Å²) in [5, 5.41) is 19.7. The van der Waals surface area contributed by atoms with Crippen molar-refractivity contribution >= 4 is 39.2 Å². The van der Waals surface area contributed by atoms with Crippen molar-refractivity contribution in [2.24, 2.45) is 11.8 Å². The van der Waals surface area contributed by atoms with Crippen molar-refractivity contribution in [1.29, 1.82) is 0 Å². The van der Waals surface area contributed by atoms with E-state index in [1.165, 1.54) is 30.7 Å². The summed E-state index contributed by atoms with van der Waals surface area (Å²) in [5.74, 6) is 4.32. The van der Waals surface area contributed by atoms with Crippen LogP contribution in [0.25, 0.3) is 32.9 Å². The van der Waals surface area contributed by atoms with Gasteiger partial charge in [-0.3, -0.25) is 14.7 Å². The Morgan fingerprint density at radius 1 is 1.00 bits per heavy atom. The maximum atomic E-state index is 16.9. The number of nitrogens with zero attached hydrogens (tertiary/aromatic N) is 8. The zero-order valence-corrected chi connectivity index (χ0v) is 34.5. The number of nitrogens with one attached hydrogen (secondary N) is 1. The molecule has 1 amide bonds. The van der Waals surface area contributed by atoms with E-state index >= 15 is 4.39 Å². The smallest absolute Gasteiger partial charge is 0.319 e. The Morgan fingerprint density at radius 3 is 2.56 bits per heavy atom. The minimum absolute atomic E-state index is 0.0349. The second kappa shape index (κ2) is 16.4. The second-order valence-electron chi connectivity index (χ2n) is 17.8. The molecule has 3 atom stereocenters. The van der Waals surface area contributed by atoms with Crippen LogP contribution in [0.15, 0.2) is 41.1 Å². The van der Waals surface area contributed by atoms with E-state index in [1.807, 2.05) is 11.0 Å². The van der Waals surface area contributed by atoms with Gasteiger partial charge in [-0.1, -0.05) is 17.1 Å². The number of aromatic hydroxyl groups is 1. The number of fused-ring (bicyclic) bond motifs is 4. The van der Waals surface area contributed by atoms with Crippen molar-refractivity contribution in [1.82, 2.24) is 35.2 Å². The summed E-state index contributed by atoms with van der Waals surface area (Å²) in [4.78, 5) is 35.5. The molecule has 2 N–H and O–H groups in total. The number of ether oxygens (including phenoxy) is 1. The summed E-state index contributed by atoms with van der Waals surface area (Å²) >= 11 is 0. The average Bonchev–Trinajstić information content (AvgIpc) is 3.98. The molecule has 8 heterocycles. The minimum Gasteiger partial charge on any atom is -0.508 e. The largest absolute Gasteiger partial charge is 0.508 e. The first-order valence-electron chi connectivity index (χ1n) is 21.8. The lowest BCUT2D eigenvalue weighted by Gasteiger charge is -2.42. The maximum absolute atomic E-state index is 16.9. The van der Waals surface area contributed by atoms with Crippen molar-refractivity contribution in [2.45, 2.75) is 76.4 Å². The number of phenols is 1. The molecule has 3 aromatic heterocycles. The topological polar surface area (TPSA) is 136 Å². The monoisotopic (exact) mass is 831 g/mol. The van der Waals surface area contributed by atoms with Gasteiger partial charge in [0, 0.05) is 80.6 Å². The van der Waals surface area contributed by atoms with E-state index in [1.54, 1.807) is 6.20 Å². The van der Waals surface area contributed by atoms with Crippen LogP contribution < -0.4 is 19.9 Å². The van der Waals surface area contributed by atoms with Crippen LogP contribution in [0.2, 0.25) is 0 Å². The van der Waals surface area contributed by atoms with Crippen molar-refractivity contribution < 1.29 is 27.9 Å². The molecule has 5 aromatic rings. The fourth-order valence-corrected chi connectivity index (χ4v) is 10.4. The molecule has 5 fully saturated rings. The molecular formula is C46H51F2N9O4. The van der Waals surface area contributed by atoms with Gasteiger partial charge in [0.25, 0.3) is 0 Å². The second-order valence-corrected chi connectivity index (χ2v) is 17.8. The first kappa shape index (κ1) is 39.5. The number of hydrogen-bond acceptors (Lipinski definition) is 12. The maximum Gasteiger partial charge on any atom is 0.319 e. The zero-order valence-electron chi connectivity index (χ0n) is 34.5. The Balaban J connectivity index is 0.784. The van der Waals surface area contributed by atoms with Crippen molar-refractivity contribution in [2.75, 3.05) is 68.8 Å². The Labute approximate surface area is 353 Å². The van der Waals surface area contributed by atoms with Crippen LogP contribution in [-0.4, -0.2) is 118 Å². The molecule has 318 valence electrons. The van der Waals surface area contributed by atoms with E-state index in [4.69, 9.17) is 20.7 Å². The van der Waals surface area contributed by atoms with E-state index in [0.717, 1.165) is 77.1 Å². The fraction of sp³-hybridized carbons (Fsp3) is 0.500. The highest BCUT2D eigenvalue weighted by molar-refractivity contribution is 6.03. The quantitative estimate of drug-likeness (QED) is 0.153. The molecule has 0 spiro atoms. The molecule has 5 aliphatic rings. The van der Waals surface area contributed by atoms with Crippen LogP contribution >= 0.6 is 0 Å². The Bertz CT molecular complexity index is 2500. The van der Waals surface area contributed by atoms with Crippen LogP contribution in [0.3, 0.4) is 0 Å². The van der Waals surface area contributed by atoms with Crippen LogP contribution in [-0.2, 0) is 11.2 Å². The predicted octanol–water partition coefficient (Wildman–Crippen LogP) is 5.91. The highest BCUT2D eigenvalue weighted by Gasteiger charge is 2.36. The van der Waals surface area contributed by atoms with E-state index < -0.39 is 11.6 Å². The van der Waals surface area contributed by atoms with Crippen molar-refractivity contribution in [3.8, 4) is 35.4 Å². The van der Waals surface area contributed by atoms with Gasteiger partial charge in [0.2, 0.25) is 5.91 Å². The number of rotatable bonds is 11. The highest BCUT2D eigenvalue weighted by Crippen LogP contribution is 2.40. The molecular weight excluding hydrogens is 781 g/mol. The summed E-state index contributed by atoms with van der Waals surface area (Å²) < 4.78 is 43.7. The molecule has 61 heavy (non-hydrogen) atoms. The molecule has 2 bridgehead atoms. The van der Waals surface area contributed by atoms with Gasteiger partial charge >= 0.3 is 6.01 Å². The number of aromatic nitrogens is 4. The van der Waals surface area contributed by atoms with Gasteiger partial charge in [-0.25, -0.2) is 8.78 Å². The van der Waals surface area contributed by atoms with Crippen LogP contribution in [0.4, 0.5) is 20.4 Å². The first-order valence-corrected chi connectivity index (χ1v) is 21.8. The minimum atomic E-state index is -0.732. The average molecular weight is 832 g/mol. The molecule has 0 saturated carbocycles. The van der Waals surface area contributed by atoms with Gasteiger partial charge in [-0.15, -0.1) is 6.42 Å². The number of piperidine rings is 1. The number of phenolic OH excluding ortho intramolecular Hbond substituents is 1. The normalized spacial score (nSPS) is 22.3. The summed E-state index contributed by atoms with van der Waals surface area (Å²) in [5.41, 5.74) is 0.0641. The number of carbonyl (C=O) groups is 1. The lowest BCUT2D eigenvalue weighted by Crippen LogP contribution is -2.51. The number of halogens is 2. The third kappa shape index (κ3) is 7.80. The first-order chi connectivity index (χ1) is 29.7. The number of likely N-dealkylation sites (tertiary alicyclic amines) is 2. The number of amides is 1. The number of benzene rings is 2. The van der Waals surface area contributed by atoms with E-state index in [9.17, 15) is 14.3 Å². The van der Waals surface area contributed by atoms with Gasteiger partial charge < -0.3 is 34.4 Å². The van der Waals surface area contributed by atoms with Crippen LogP contribution in [0, 0.1) is 35.8 Å². The number of carbonyl (C=O) groups excluding carboxylic acids is 1. The van der Waals surface area contributed by atoms with E-state index in [-0.39, 0.29) is 51.8 Å². The van der Waals surface area contributed by atoms with E-state index in [2.05, 4.69) is 48.0 Å². The molecule has 2 aromatic carbocycles. The summed E-state index contributed by atoms with van der Waals surface area (Å²) in [7, 11) is 0. The van der Waals surface area contributed by atoms with Gasteiger partial charge in [-0.2, -0.15) is 9.97 Å². The van der Waals surface area contributed by atoms with Gasteiger partial charge in [0.15, 0.2) is 11.6 Å². The molecule has 15 heteroatoms. The molecule has 3 unspecified atom stereocenters. The summed E-state index contributed by atoms with van der Waals surface area (Å²) in [6.07, 6.45) is 15.2. The van der Waals surface area contributed by atoms with Gasteiger partial charge in [-0.05, 0) is 100 Å². The number of pyridine rings is 1. The summed E-state index contributed by atoms with van der Waals surface area (Å²) in [6.45, 7) is 9.22. The third-order valence-corrected chi connectivity index (χ3v) is 13.6.